The van der Waals surface area contributed by atoms with Gasteiger partial charge in [0.25, 0.3) is 0 Å². The predicted molar refractivity (Wildman–Crippen MR) is 55.1 cm³/mol. The summed E-state index contributed by atoms with van der Waals surface area (Å²) in [6.45, 7) is 0. The fourth-order valence-corrected chi connectivity index (χ4v) is 1.43. The van der Waals surface area contributed by atoms with Gasteiger partial charge in [0, 0.05) is 5.56 Å². The Kier molecular flexibility index (Phi) is 2.48. The van der Waals surface area contributed by atoms with E-state index in [4.69, 9.17) is 0 Å². The molecule has 16 heavy (non-hydrogen) atoms. The van der Waals surface area contributed by atoms with E-state index in [1.807, 2.05) is 0 Å². The lowest BCUT2D eigenvalue weighted by molar-refractivity contribution is 0.431. The molecular formula is C12H8F2O2. The summed E-state index contributed by atoms with van der Waals surface area (Å²) in [6.07, 6.45) is 0. The van der Waals surface area contributed by atoms with Gasteiger partial charge in [0.05, 0.1) is 0 Å². The first-order valence-electron chi connectivity index (χ1n) is 4.56. The molecule has 0 unspecified atom stereocenters. The Bertz CT molecular complexity index is 539. The highest BCUT2D eigenvalue weighted by atomic mass is 19.1. The molecule has 2 N–H and O–H groups in total. The first kappa shape index (κ1) is 10.4. The zero-order valence-corrected chi connectivity index (χ0v) is 8.11. The van der Waals surface area contributed by atoms with Crippen molar-refractivity contribution in [2.45, 2.75) is 0 Å². The van der Waals surface area contributed by atoms with Gasteiger partial charge >= 0.3 is 0 Å². The molecule has 0 aromatic heterocycles. The summed E-state index contributed by atoms with van der Waals surface area (Å²) in [5.41, 5.74) is 0.547. The Balaban J connectivity index is 2.59. The number of para-hydroxylation sites is 1. The standard InChI is InChI=1S/C12H8F2O2/c13-9-5-4-7(6-11(9)15)8-2-1-3-10(14)12(8)16/h1-6,15-16H. The van der Waals surface area contributed by atoms with Gasteiger partial charge in [-0.15, -0.1) is 0 Å². The Morgan fingerprint density at radius 2 is 1.62 bits per heavy atom. The van der Waals surface area contributed by atoms with E-state index in [9.17, 15) is 19.0 Å². The van der Waals surface area contributed by atoms with E-state index in [2.05, 4.69) is 0 Å². The van der Waals surface area contributed by atoms with Crippen LogP contribution in [0.5, 0.6) is 11.5 Å². The molecule has 0 atom stereocenters. The van der Waals surface area contributed by atoms with Crippen molar-refractivity contribution < 1.29 is 19.0 Å². The molecule has 0 saturated carbocycles. The summed E-state index contributed by atoms with van der Waals surface area (Å²) < 4.78 is 25.9. The summed E-state index contributed by atoms with van der Waals surface area (Å²) in [6, 6.07) is 7.54. The lowest BCUT2D eigenvalue weighted by Gasteiger charge is -2.06. The van der Waals surface area contributed by atoms with Crippen LogP contribution in [0.3, 0.4) is 0 Å². The third kappa shape index (κ3) is 1.69. The molecule has 82 valence electrons. The Hall–Kier alpha value is -2.10. The van der Waals surface area contributed by atoms with E-state index in [1.54, 1.807) is 0 Å². The Morgan fingerprint density at radius 1 is 0.875 bits per heavy atom. The summed E-state index contributed by atoms with van der Waals surface area (Å²) in [5, 5.41) is 18.6. The molecule has 2 aromatic carbocycles. The summed E-state index contributed by atoms with van der Waals surface area (Å²) >= 11 is 0. The zero-order valence-electron chi connectivity index (χ0n) is 8.11. The second-order valence-corrected chi connectivity index (χ2v) is 3.30. The predicted octanol–water partition coefficient (Wildman–Crippen LogP) is 3.04. The number of benzene rings is 2. The maximum absolute atomic E-state index is 13.1. The van der Waals surface area contributed by atoms with E-state index in [-0.39, 0.29) is 5.56 Å². The molecule has 0 spiro atoms. The van der Waals surface area contributed by atoms with E-state index in [0.717, 1.165) is 18.2 Å². The van der Waals surface area contributed by atoms with E-state index < -0.39 is 23.1 Å². The average molecular weight is 222 g/mol. The Labute approximate surface area is 90.4 Å². The van der Waals surface area contributed by atoms with Crippen LogP contribution < -0.4 is 0 Å². The van der Waals surface area contributed by atoms with E-state index in [1.165, 1.54) is 18.2 Å². The smallest absolute Gasteiger partial charge is 0.165 e. The molecule has 0 radical (unpaired) electrons. The monoisotopic (exact) mass is 222 g/mol. The van der Waals surface area contributed by atoms with E-state index in [0.29, 0.717) is 5.56 Å². The molecule has 0 aliphatic heterocycles. The normalized spacial score (nSPS) is 10.4. The molecular weight excluding hydrogens is 214 g/mol. The molecule has 2 rings (SSSR count). The quantitative estimate of drug-likeness (QED) is 0.778. The minimum absolute atomic E-state index is 0.204. The Morgan fingerprint density at radius 3 is 2.31 bits per heavy atom. The number of hydrogen-bond acceptors (Lipinski definition) is 2. The first-order chi connectivity index (χ1) is 7.59. The van der Waals surface area contributed by atoms with Crippen molar-refractivity contribution in [1.29, 1.82) is 0 Å². The van der Waals surface area contributed by atoms with Crippen LogP contribution in [-0.4, -0.2) is 10.2 Å². The van der Waals surface area contributed by atoms with Crippen LogP contribution in [0.1, 0.15) is 0 Å². The van der Waals surface area contributed by atoms with Crippen LogP contribution in [0, 0.1) is 11.6 Å². The zero-order chi connectivity index (χ0) is 11.7. The maximum atomic E-state index is 13.1. The number of rotatable bonds is 1. The van der Waals surface area contributed by atoms with Gasteiger partial charge < -0.3 is 10.2 Å². The highest BCUT2D eigenvalue weighted by molar-refractivity contribution is 5.71. The SMILES string of the molecule is Oc1cc(-c2cccc(F)c2O)ccc1F. The maximum Gasteiger partial charge on any atom is 0.165 e. The number of phenolic OH excluding ortho intramolecular Hbond substituents is 2. The summed E-state index contributed by atoms with van der Waals surface area (Å²) in [5.74, 6) is -2.59. The van der Waals surface area contributed by atoms with Gasteiger partial charge in [0.1, 0.15) is 0 Å². The van der Waals surface area contributed by atoms with Crippen LogP contribution in [0.15, 0.2) is 36.4 Å². The fourth-order valence-electron chi connectivity index (χ4n) is 1.43. The highest BCUT2D eigenvalue weighted by Gasteiger charge is 2.10. The van der Waals surface area contributed by atoms with Crippen molar-refractivity contribution in [2.24, 2.45) is 0 Å². The molecule has 0 bridgehead atoms. The minimum atomic E-state index is -0.764. The molecule has 2 aromatic rings. The third-order valence-corrected chi connectivity index (χ3v) is 2.24. The van der Waals surface area contributed by atoms with Crippen molar-refractivity contribution in [2.75, 3.05) is 0 Å². The van der Waals surface area contributed by atoms with Crippen molar-refractivity contribution in [3.05, 3.63) is 48.0 Å². The highest BCUT2D eigenvalue weighted by Crippen LogP contribution is 2.33. The lowest BCUT2D eigenvalue weighted by atomic mass is 10.0. The van der Waals surface area contributed by atoms with Crippen LogP contribution >= 0.6 is 0 Å². The van der Waals surface area contributed by atoms with Gasteiger partial charge in [0.2, 0.25) is 0 Å². The number of halogens is 2. The van der Waals surface area contributed by atoms with Crippen LogP contribution in [0.2, 0.25) is 0 Å². The molecule has 0 saturated heterocycles. The fraction of sp³-hybridized carbons (Fsp3) is 0. The van der Waals surface area contributed by atoms with Crippen molar-refractivity contribution in [1.82, 2.24) is 0 Å². The summed E-state index contributed by atoms with van der Waals surface area (Å²) in [7, 11) is 0. The average Bonchev–Trinajstić information content (AvgIpc) is 2.26. The largest absolute Gasteiger partial charge is 0.505 e. The van der Waals surface area contributed by atoms with Crippen LogP contribution in [-0.2, 0) is 0 Å². The minimum Gasteiger partial charge on any atom is -0.505 e. The van der Waals surface area contributed by atoms with Crippen molar-refractivity contribution in [3.63, 3.8) is 0 Å². The number of hydrogen-bond donors (Lipinski definition) is 2. The molecule has 0 fully saturated rings. The van der Waals surface area contributed by atoms with Gasteiger partial charge in [-0.25, -0.2) is 8.78 Å². The van der Waals surface area contributed by atoms with Crippen LogP contribution in [0.4, 0.5) is 8.78 Å². The van der Waals surface area contributed by atoms with Crippen molar-refractivity contribution in [3.8, 4) is 22.6 Å². The van der Waals surface area contributed by atoms with Gasteiger partial charge in [0.15, 0.2) is 23.1 Å². The topological polar surface area (TPSA) is 40.5 Å². The second-order valence-electron chi connectivity index (χ2n) is 3.30. The molecule has 0 amide bonds. The van der Waals surface area contributed by atoms with Gasteiger partial charge in [-0.1, -0.05) is 18.2 Å². The van der Waals surface area contributed by atoms with Crippen LogP contribution in [0.25, 0.3) is 11.1 Å². The summed E-state index contributed by atoms with van der Waals surface area (Å²) in [4.78, 5) is 0. The van der Waals surface area contributed by atoms with Gasteiger partial charge in [-0.05, 0) is 23.8 Å². The van der Waals surface area contributed by atoms with E-state index >= 15 is 0 Å². The molecule has 0 aliphatic rings. The molecule has 0 aliphatic carbocycles. The first-order valence-corrected chi connectivity index (χ1v) is 4.56. The molecule has 2 nitrogen and oxygen atoms in total. The number of aromatic hydroxyl groups is 2. The van der Waals surface area contributed by atoms with Gasteiger partial charge in [-0.3, -0.25) is 0 Å². The third-order valence-electron chi connectivity index (χ3n) is 2.24. The molecule has 4 heteroatoms. The number of phenols is 2. The van der Waals surface area contributed by atoms with Gasteiger partial charge in [-0.2, -0.15) is 0 Å². The molecule has 0 heterocycles. The second kappa shape index (κ2) is 3.81. The van der Waals surface area contributed by atoms with Crippen molar-refractivity contribution >= 4 is 0 Å². The lowest BCUT2D eigenvalue weighted by Crippen LogP contribution is -1.84.